The van der Waals surface area contributed by atoms with Crippen LogP contribution in [0.3, 0.4) is 0 Å². The lowest BCUT2D eigenvalue weighted by Gasteiger charge is -2.12. The van der Waals surface area contributed by atoms with Crippen molar-refractivity contribution in [2.45, 2.75) is 26.8 Å². The van der Waals surface area contributed by atoms with Gasteiger partial charge in [0.1, 0.15) is 23.0 Å². The summed E-state index contributed by atoms with van der Waals surface area (Å²) in [6, 6.07) is 5.47. The Morgan fingerprint density at radius 2 is 1.71 bits per heavy atom. The standard InChI is InChI=1S/C19H28N4O4.HI/c1-13-14(2)27-18(23-13)12-22-19(20-3)21-7-6-8-26-17-10-15(24-4)9-16(11-17)25-5;/h9-11H,6-8,12H2,1-5H3,(H2,20,21,22);1H. The number of hydrogen-bond acceptors (Lipinski definition) is 6. The molecule has 8 nitrogen and oxygen atoms in total. The number of hydrogen-bond donors (Lipinski definition) is 2. The molecule has 156 valence electrons. The highest BCUT2D eigenvalue weighted by atomic mass is 127. The largest absolute Gasteiger partial charge is 0.496 e. The summed E-state index contributed by atoms with van der Waals surface area (Å²) in [5.74, 6) is 4.27. The zero-order valence-corrected chi connectivity index (χ0v) is 19.3. The third kappa shape index (κ3) is 7.45. The van der Waals surface area contributed by atoms with Crippen molar-refractivity contribution in [2.75, 3.05) is 34.4 Å². The van der Waals surface area contributed by atoms with E-state index in [2.05, 4.69) is 20.6 Å². The van der Waals surface area contributed by atoms with Gasteiger partial charge in [0, 0.05) is 31.8 Å². The number of methoxy groups -OCH3 is 2. The molecular formula is C19H29IN4O4. The van der Waals surface area contributed by atoms with Crippen LogP contribution in [0, 0.1) is 13.8 Å². The van der Waals surface area contributed by atoms with Crippen molar-refractivity contribution in [1.82, 2.24) is 15.6 Å². The predicted octanol–water partition coefficient (Wildman–Crippen LogP) is 3.06. The Morgan fingerprint density at radius 3 is 2.25 bits per heavy atom. The summed E-state index contributed by atoms with van der Waals surface area (Å²) >= 11 is 0. The van der Waals surface area contributed by atoms with Crippen LogP contribution in [0.1, 0.15) is 23.8 Å². The van der Waals surface area contributed by atoms with Gasteiger partial charge < -0.3 is 29.3 Å². The molecular weight excluding hydrogens is 475 g/mol. The highest BCUT2D eigenvalue weighted by Crippen LogP contribution is 2.27. The quantitative estimate of drug-likeness (QED) is 0.235. The third-order valence-corrected chi connectivity index (χ3v) is 3.91. The van der Waals surface area contributed by atoms with Gasteiger partial charge in [-0.15, -0.1) is 24.0 Å². The summed E-state index contributed by atoms with van der Waals surface area (Å²) in [7, 11) is 4.95. The maximum absolute atomic E-state index is 5.77. The van der Waals surface area contributed by atoms with Crippen LogP contribution < -0.4 is 24.8 Å². The molecule has 1 aromatic heterocycles. The van der Waals surface area contributed by atoms with Crippen molar-refractivity contribution in [2.24, 2.45) is 4.99 Å². The van der Waals surface area contributed by atoms with E-state index in [0.717, 1.165) is 17.9 Å². The van der Waals surface area contributed by atoms with Gasteiger partial charge in [-0.2, -0.15) is 0 Å². The molecule has 0 radical (unpaired) electrons. The Balaban J connectivity index is 0.00000392. The van der Waals surface area contributed by atoms with Gasteiger partial charge in [-0.1, -0.05) is 0 Å². The molecule has 2 N–H and O–H groups in total. The van der Waals surface area contributed by atoms with E-state index < -0.39 is 0 Å². The molecule has 0 fully saturated rings. The van der Waals surface area contributed by atoms with Gasteiger partial charge in [-0.3, -0.25) is 4.99 Å². The number of guanidine groups is 1. The number of benzene rings is 1. The fraction of sp³-hybridized carbons (Fsp3) is 0.474. The molecule has 1 heterocycles. The van der Waals surface area contributed by atoms with Gasteiger partial charge >= 0.3 is 0 Å². The third-order valence-electron chi connectivity index (χ3n) is 3.91. The van der Waals surface area contributed by atoms with E-state index in [1.807, 2.05) is 26.0 Å². The van der Waals surface area contributed by atoms with Crippen LogP contribution in [0.2, 0.25) is 0 Å². The molecule has 0 saturated carbocycles. The topological polar surface area (TPSA) is 90.1 Å². The molecule has 0 aliphatic heterocycles. The van der Waals surface area contributed by atoms with Gasteiger partial charge in [-0.25, -0.2) is 4.98 Å². The SMILES string of the molecule is CN=C(NCCCOc1cc(OC)cc(OC)c1)NCc1nc(C)c(C)o1.I. The smallest absolute Gasteiger partial charge is 0.214 e. The van der Waals surface area contributed by atoms with Gasteiger partial charge in [0.05, 0.1) is 33.1 Å². The van der Waals surface area contributed by atoms with Crippen molar-refractivity contribution in [1.29, 1.82) is 0 Å². The minimum absolute atomic E-state index is 0. The average molecular weight is 504 g/mol. The number of nitrogens with one attached hydrogen (secondary N) is 2. The highest BCUT2D eigenvalue weighted by molar-refractivity contribution is 14.0. The van der Waals surface area contributed by atoms with Crippen molar-refractivity contribution < 1.29 is 18.6 Å². The first-order chi connectivity index (χ1) is 13.0. The second-order valence-electron chi connectivity index (χ2n) is 5.85. The number of nitrogens with zero attached hydrogens (tertiary/aromatic N) is 2. The lowest BCUT2D eigenvalue weighted by Crippen LogP contribution is -2.37. The molecule has 0 spiro atoms. The minimum Gasteiger partial charge on any atom is -0.496 e. The summed E-state index contributed by atoms with van der Waals surface area (Å²) < 4.78 is 21.8. The molecule has 0 unspecified atom stereocenters. The van der Waals surface area contributed by atoms with E-state index in [4.69, 9.17) is 18.6 Å². The molecule has 0 saturated heterocycles. The number of halogens is 1. The Morgan fingerprint density at radius 1 is 1.07 bits per heavy atom. The Kier molecular flexibility index (Phi) is 10.5. The Bertz CT molecular complexity index is 723. The minimum atomic E-state index is 0. The van der Waals surface area contributed by atoms with Crippen molar-refractivity contribution in [3.63, 3.8) is 0 Å². The lowest BCUT2D eigenvalue weighted by atomic mass is 10.3. The molecule has 0 aliphatic rings. The zero-order valence-electron chi connectivity index (χ0n) is 17.0. The van der Waals surface area contributed by atoms with Crippen molar-refractivity contribution >= 4 is 29.9 Å². The summed E-state index contributed by atoms with van der Waals surface area (Å²) in [4.78, 5) is 8.52. The lowest BCUT2D eigenvalue weighted by molar-refractivity contribution is 0.305. The number of aryl methyl sites for hydroxylation is 2. The van der Waals surface area contributed by atoms with Gasteiger partial charge in [0.15, 0.2) is 5.96 Å². The number of rotatable bonds is 9. The summed E-state index contributed by atoms with van der Waals surface area (Å²) in [5, 5.41) is 6.41. The first-order valence-electron chi connectivity index (χ1n) is 8.79. The van der Waals surface area contributed by atoms with E-state index in [9.17, 15) is 0 Å². The van der Waals surface area contributed by atoms with Crippen LogP contribution in [0.25, 0.3) is 0 Å². The van der Waals surface area contributed by atoms with E-state index in [-0.39, 0.29) is 24.0 Å². The van der Waals surface area contributed by atoms with Crippen LogP contribution in [0.15, 0.2) is 27.6 Å². The van der Waals surface area contributed by atoms with E-state index >= 15 is 0 Å². The maximum atomic E-state index is 5.77. The molecule has 0 aliphatic carbocycles. The molecule has 0 bridgehead atoms. The van der Waals surface area contributed by atoms with Crippen LogP contribution >= 0.6 is 24.0 Å². The molecule has 28 heavy (non-hydrogen) atoms. The van der Waals surface area contributed by atoms with Crippen LogP contribution in [0.5, 0.6) is 17.2 Å². The van der Waals surface area contributed by atoms with E-state index in [0.29, 0.717) is 48.8 Å². The molecule has 0 atom stereocenters. The van der Waals surface area contributed by atoms with Gasteiger partial charge in [0.25, 0.3) is 0 Å². The number of aromatic nitrogens is 1. The monoisotopic (exact) mass is 504 g/mol. The Hall–Kier alpha value is -2.17. The predicted molar refractivity (Wildman–Crippen MR) is 119 cm³/mol. The Labute approximate surface area is 183 Å². The normalized spacial score (nSPS) is 10.8. The zero-order chi connectivity index (χ0) is 19.6. The second-order valence-corrected chi connectivity index (χ2v) is 5.85. The summed E-state index contributed by atoms with van der Waals surface area (Å²) in [6.07, 6.45) is 0.803. The van der Waals surface area contributed by atoms with E-state index in [1.165, 1.54) is 0 Å². The number of oxazole rings is 1. The molecule has 2 aromatic rings. The van der Waals surface area contributed by atoms with Crippen LogP contribution in [-0.2, 0) is 6.54 Å². The van der Waals surface area contributed by atoms with Gasteiger partial charge in [-0.05, 0) is 20.3 Å². The number of ether oxygens (including phenoxy) is 3. The number of aliphatic imine (C=N–C) groups is 1. The van der Waals surface area contributed by atoms with E-state index in [1.54, 1.807) is 27.3 Å². The van der Waals surface area contributed by atoms with Crippen LogP contribution in [0.4, 0.5) is 0 Å². The highest BCUT2D eigenvalue weighted by Gasteiger charge is 2.06. The van der Waals surface area contributed by atoms with Gasteiger partial charge in [0.2, 0.25) is 5.89 Å². The van der Waals surface area contributed by atoms with Crippen molar-refractivity contribution in [3.05, 3.63) is 35.5 Å². The first-order valence-corrected chi connectivity index (χ1v) is 8.79. The molecule has 9 heteroatoms. The second kappa shape index (κ2) is 12.3. The fourth-order valence-corrected chi connectivity index (χ4v) is 2.33. The molecule has 1 aromatic carbocycles. The fourth-order valence-electron chi connectivity index (χ4n) is 2.33. The van der Waals surface area contributed by atoms with Crippen molar-refractivity contribution in [3.8, 4) is 17.2 Å². The molecule has 2 rings (SSSR count). The first kappa shape index (κ1) is 23.9. The summed E-state index contributed by atoms with van der Waals surface area (Å²) in [6.45, 7) is 5.57. The van der Waals surface area contributed by atoms with Crippen LogP contribution in [-0.4, -0.2) is 45.4 Å². The molecule has 0 amide bonds. The maximum Gasteiger partial charge on any atom is 0.214 e. The summed E-state index contributed by atoms with van der Waals surface area (Å²) in [5.41, 5.74) is 0.904. The average Bonchev–Trinajstić information content (AvgIpc) is 3.01.